The lowest BCUT2D eigenvalue weighted by Gasteiger charge is -2.36. The Hall–Kier alpha value is -2.04. The number of rotatable bonds is 4. The van der Waals surface area contributed by atoms with Crippen molar-refractivity contribution in [2.75, 3.05) is 18.0 Å². The van der Waals surface area contributed by atoms with Crippen LogP contribution in [-0.4, -0.2) is 47.1 Å². The molecule has 1 amide bonds. The molecule has 23 heavy (non-hydrogen) atoms. The van der Waals surface area contributed by atoms with Crippen LogP contribution in [0.2, 0.25) is 0 Å². The quantitative estimate of drug-likeness (QED) is 0.924. The Balaban J connectivity index is 1.88. The van der Waals surface area contributed by atoms with Crippen LogP contribution in [0.4, 0.5) is 5.69 Å². The lowest BCUT2D eigenvalue weighted by Crippen LogP contribution is -2.53. The molecule has 2 heterocycles. The maximum absolute atomic E-state index is 13.1. The van der Waals surface area contributed by atoms with Gasteiger partial charge in [-0.15, -0.1) is 0 Å². The number of benzene rings is 1. The molecule has 2 aliphatic heterocycles. The van der Waals surface area contributed by atoms with E-state index in [0.717, 1.165) is 25.1 Å². The summed E-state index contributed by atoms with van der Waals surface area (Å²) in [6.45, 7) is 5.44. The Morgan fingerprint density at radius 1 is 1.22 bits per heavy atom. The Morgan fingerprint density at radius 2 is 1.96 bits per heavy atom. The summed E-state index contributed by atoms with van der Waals surface area (Å²) in [5.41, 5.74) is 2.38. The van der Waals surface area contributed by atoms with Crippen LogP contribution in [0.1, 0.15) is 32.3 Å². The van der Waals surface area contributed by atoms with Crippen LogP contribution in [0, 0.1) is 5.92 Å². The summed E-state index contributed by atoms with van der Waals surface area (Å²) in [7, 11) is 0. The van der Waals surface area contributed by atoms with E-state index in [2.05, 4.69) is 17.0 Å². The second-order valence-electron chi connectivity index (χ2n) is 6.79. The topological polar surface area (TPSA) is 60.9 Å². The van der Waals surface area contributed by atoms with Gasteiger partial charge >= 0.3 is 5.97 Å². The lowest BCUT2D eigenvalue weighted by atomic mass is 10.00. The minimum atomic E-state index is -0.889. The Labute approximate surface area is 136 Å². The van der Waals surface area contributed by atoms with Crippen LogP contribution in [0.5, 0.6) is 0 Å². The van der Waals surface area contributed by atoms with E-state index < -0.39 is 12.0 Å². The molecule has 3 rings (SSSR count). The maximum Gasteiger partial charge on any atom is 0.326 e. The number of carboxylic acids is 1. The van der Waals surface area contributed by atoms with Crippen molar-refractivity contribution in [2.24, 2.45) is 5.92 Å². The van der Waals surface area contributed by atoms with E-state index in [9.17, 15) is 14.7 Å². The number of aliphatic carboxylic acids is 1. The first kappa shape index (κ1) is 15.8. The van der Waals surface area contributed by atoms with Crippen molar-refractivity contribution in [1.82, 2.24) is 4.90 Å². The molecule has 0 spiro atoms. The molecule has 1 N–H and O–H groups in total. The van der Waals surface area contributed by atoms with Crippen LogP contribution in [0.15, 0.2) is 24.3 Å². The molecule has 2 aliphatic rings. The lowest BCUT2D eigenvalue weighted by molar-refractivity contribution is -0.149. The number of amides is 1. The van der Waals surface area contributed by atoms with Gasteiger partial charge in [-0.1, -0.05) is 32.0 Å². The van der Waals surface area contributed by atoms with Gasteiger partial charge < -0.3 is 14.9 Å². The van der Waals surface area contributed by atoms with E-state index in [1.807, 2.05) is 26.0 Å². The van der Waals surface area contributed by atoms with Gasteiger partial charge in [0.05, 0.1) is 0 Å². The van der Waals surface area contributed by atoms with Gasteiger partial charge in [-0.05, 0) is 36.8 Å². The van der Waals surface area contributed by atoms with Crippen LogP contribution < -0.4 is 4.90 Å². The number of para-hydroxylation sites is 1. The number of fused-ring (bicyclic) bond motifs is 1. The summed E-state index contributed by atoms with van der Waals surface area (Å²) in [5, 5.41) is 9.37. The fraction of sp³-hybridized carbons (Fsp3) is 0.556. The molecule has 5 nitrogen and oxygen atoms in total. The van der Waals surface area contributed by atoms with Gasteiger partial charge in [0.25, 0.3) is 0 Å². The van der Waals surface area contributed by atoms with Crippen molar-refractivity contribution >= 4 is 17.6 Å². The standard InChI is InChI=1S/C18H24N2O3/c1-12(2)16(17(21)20-10-5-8-15(20)18(22)23)19-11-9-13-6-3-4-7-14(13)19/h3-4,6-7,12,15-16H,5,8-11H2,1-2H3,(H,22,23). The van der Waals surface area contributed by atoms with Crippen molar-refractivity contribution in [3.8, 4) is 0 Å². The third-order valence-electron chi connectivity index (χ3n) is 4.96. The molecule has 2 unspecified atom stereocenters. The average molecular weight is 316 g/mol. The zero-order valence-electron chi connectivity index (χ0n) is 13.7. The minimum Gasteiger partial charge on any atom is -0.480 e. The highest BCUT2D eigenvalue weighted by Crippen LogP contribution is 2.33. The predicted molar refractivity (Wildman–Crippen MR) is 88.5 cm³/mol. The molecule has 1 fully saturated rings. The molecule has 1 aromatic rings. The van der Waals surface area contributed by atoms with E-state index >= 15 is 0 Å². The van der Waals surface area contributed by atoms with Gasteiger partial charge in [0.1, 0.15) is 12.1 Å². The van der Waals surface area contributed by atoms with E-state index in [0.29, 0.717) is 13.0 Å². The summed E-state index contributed by atoms with van der Waals surface area (Å²) < 4.78 is 0. The number of carbonyl (C=O) groups excluding carboxylic acids is 1. The van der Waals surface area contributed by atoms with E-state index in [1.165, 1.54) is 5.56 Å². The summed E-state index contributed by atoms with van der Waals surface area (Å²) in [6.07, 6.45) is 2.27. The first-order valence-corrected chi connectivity index (χ1v) is 8.38. The zero-order valence-corrected chi connectivity index (χ0v) is 13.7. The summed E-state index contributed by atoms with van der Waals surface area (Å²) >= 11 is 0. The number of likely N-dealkylation sites (tertiary alicyclic amines) is 1. The smallest absolute Gasteiger partial charge is 0.326 e. The summed E-state index contributed by atoms with van der Waals surface area (Å²) in [4.78, 5) is 28.3. The maximum atomic E-state index is 13.1. The van der Waals surface area contributed by atoms with Crippen LogP contribution in [0.3, 0.4) is 0 Å². The second kappa shape index (κ2) is 6.22. The van der Waals surface area contributed by atoms with Crippen molar-refractivity contribution in [3.05, 3.63) is 29.8 Å². The summed E-state index contributed by atoms with van der Waals surface area (Å²) in [6, 6.07) is 7.22. The molecule has 124 valence electrons. The largest absolute Gasteiger partial charge is 0.480 e. The van der Waals surface area contributed by atoms with Gasteiger partial charge in [0.2, 0.25) is 5.91 Å². The highest BCUT2D eigenvalue weighted by molar-refractivity contribution is 5.90. The number of carbonyl (C=O) groups is 2. The van der Waals surface area contributed by atoms with E-state index in [-0.39, 0.29) is 17.9 Å². The molecular weight excluding hydrogens is 292 g/mol. The molecule has 0 aromatic heterocycles. The highest BCUT2D eigenvalue weighted by atomic mass is 16.4. The Bertz CT molecular complexity index is 614. The van der Waals surface area contributed by atoms with Gasteiger partial charge in [0, 0.05) is 18.8 Å². The SMILES string of the molecule is CC(C)C(C(=O)N1CCCC1C(=O)O)N1CCc2ccccc21. The molecule has 0 radical (unpaired) electrons. The van der Waals surface area contributed by atoms with Gasteiger partial charge in [0.15, 0.2) is 0 Å². The second-order valence-corrected chi connectivity index (χ2v) is 6.79. The molecule has 0 bridgehead atoms. The normalized spacial score (nSPS) is 21.6. The monoisotopic (exact) mass is 316 g/mol. The van der Waals surface area contributed by atoms with E-state index in [4.69, 9.17) is 0 Å². The molecule has 0 aliphatic carbocycles. The summed E-state index contributed by atoms with van der Waals surface area (Å²) in [5.74, 6) is -0.800. The molecule has 1 aromatic carbocycles. The first-order chi connectivity index (χ1) is 11.0. The average Bonchev–Trinajstić information content (AvgIpc) is 3.14. The third kappa shape index (κ3) is 2.80. The minimum absolute atomic E-state index is 0.0402. The highest BCUT2D eigenvalue weighted by Gasteiger charge is 2.41. The van der Waals surface area contributed by atoms with Crippen LogP contribution in [-0.2, 0) is 16.0 Å². The van der Waals surface area contributed by atoms with Gasteiger partial charge in [-0.2, -0.15) is 0 Å². The van der Waals surface area contributed by atoms with Crippen LogP contribution >= 0.6 is 0 Å². The number of hydrogen-bond acceptors (Lipinski definition) is 3. The number of carboxylic acid groups (broad SMARTS) is 1. The molecule has 5 heteroatoms. The van der Waals surface area contributed by atoms with Crippen molar-refractivity contribution in [3.63, 3.8) is 0 Å². The molecular formula is C18H24N2O3. The molecule has 1 saturated heterocycles. The van der Waals surface area contributed by atoms with Crippen molar-refractivity contribution < 1.29 is 14.7 Å². The fourth-order valence-electron chi connectivity index (χ4n) is 3.89. The van der Waals surface area contributed by atoms with E-state index in [1.54, 1.807) is 4.90 Å². The van der Waals surface area contributed by atoms with Gasteiger partial charge in [-0.25, -0.2) is 4.79 Å². The fourth-order valence-corrected chi connectivity index (χ4v) is 3.89. The molecule has 0 saturated carbocycles. The van der Waals surface area contributed by atoms with Crippen molar-refractivity contribution in [2.45, 2.75) is 45.2 Å². The van der Waals surface area contributed by atoms with Gasteiger partial charge in [-0.3, -0.25) is 4.79 Å². The predicted octanol–water partition coefficient (Wildman–Crippen LogP) is 2.15. The van der Waals surface area contributed by atoms with Crippen LogP contribution in [0.25, 0.3) is 0 Å². The number of hydrogen-bond donors (Lipinski definition) is 1. The Kier molecular flexibility index (Phi) is 4.28. The number of nitrogens with zero attached hydrogens (tertiary/aromatic N) is 2. The zero-order chi connectivity index (χ0) is 16.6. The number of anilines is 1. The van der Waals surface area contributed by atoms with Crippen molar-refractivity contribution in [1.29, 1.82) is 0 Å². The first-order valence-electron chi connectivity index (χ1n) is 8.38. The Morgan fingerprint density at radius 3 is 2.65 bits per heavy atom. The molecule has 2 atom stereocenters. The third-order valence-corrected chi connectivity index (χ3v) is 4.96.